The fourth-order valence-electron chi connectivity index (χ4n) is 2.07. The van der Waals surface area contributed by atoms with Crippen LogP contribution in [0.5, 0.6) is 0 Å². The van der Waals surface area contributed by atoms with Crippen molar-refractivity contribution in [3.63, 3.8) is 0 Å². The summed E-state index contributed by atoms with van der Waals surface area (Å²) in [5.41, 5.74) is 2.05. The Morgan fingerprint density at radius 1 is 1.09 bits per heavy atom. The average Bonchev–Trinajstić information content (AvgIpc) is 2.88. The third-order valence-electron chi connectivity index (χ3n) is 3.31. The maximum absolute atomic E-state index is 6.21. The van der Waals surface area contributed by atoms with Crippen molar-refractivity contribution < 1.29 is 0 Å². The molecule has 2 aromatic carbocycles. The standard InChI is InChI=1S/C16H12BrCl2N3S/c1-22-15(10-2-5-12(17)6-3-10)20-21-16(22)23-9-11-4-7-13(18)8-14(11)19/h2-8H,9H2,1H3. The Labute approximate surface area is 157 Å². The van der Waals surface area contributed by atoms with Crippen molar-refractivity contribution in [1.29, 1.82) is 0 Å². The molecule has 0 amide bonds. The molecular formula is C16H12BrCl2N3S. The molecule has 0 aliphatic rings. The number of aromatic nitrogens is 3. The van der Waals surface area contributed by atoms with E-state index < -0.39 is 0 Å². The Morgan fingerprint density at radius 2 is 1.83 bits per heavy atom. The molecule has 0 aliphatic heterocycles. The first-order chi connectivity index (χ1) is 11.0. The topological polar surface area (TPSA) is 30.7 Å². The minimum atomic E-state index is 0.639. The van der Waals surface area contributed by atoms with E-state index in [9.17, 15) is 0 Å². The number of halogens is 3. The van der Waals surface area contributed by atoms with Crippen molar-refractivity contribution in [1.82, 2.24) is 14.8 Å². The van der Waals surface area contributed by atoms with E-state index in [0.29, 0.717) is 15.8 Å². The number of benzene rings is 2. The van der Waals surface area contributed by atoms with Crippen LogP contribution in [-0.2, 0) is 12.8 Å². The van der Waals surface area contributed by atoms with Gasteiger partial charge in [0.1, 0.15) is 0 Å². The molecular weight excluding hydrogens is 417 g/mol. The van der Waals surface area contributed by atoms with Gasteiger partial charge in [-0.3, -0.25) is 0 Å². The Morgan fingerprint density at radius 3 is 2.52 bits per heavy atom. The van der Waals surface area contributed by atoms with Gasteiger partial charge in [0.2, 0.25) is 0 Å². The second kappa shape index (κ2) is 7.26. The molecule has 3 nitrogen and oxygen atoms in total. The quantitative estimate of drug-likeness (QED) is 0.488. The summed E-state index contributed by atoms with van der Waals surface area (Å²) in [6, 6.07) is 13.5. The van der Waals surface area contributed by atoms with E-state index >= 15 is 0 Å². The molecule has 0 unspecified atom stereocenters. The summed E-state index contributed by atoms with van der Waals surface area (Å²) >= 11 is 17.2. The molecule has 23 heavy (non-hydrogen) atoms. The van der Waals surface area contributed by atoms with Crippen LogP contribution in [0, 0.1) is 0 Å². The van der Waals surface area contributed by atoms with Crippen LogP contribution in [0.25, 0.3) is 11.4 Å². The molecule has 1 aromatic heterocycles. The van der Waals surface area contributed by atoms with E-state index in [1.807, 2.05) is 48.0 Å². The minimum absolute atomic E-state index is 0.639. The van der Waals surface area contributed by atoms with Crippen LogP contribution in [0.4, 0.5) is 0 Å². The molecule has 0 spiro atoms. The minimum Gasteiger partial charge on any atom is -0.305 e. The highest BCUT2D eigenvalue weighted by Crippen LogP contribution is 2.29. The lowest BCUT2D eigenvalue weighted by molar-refractivity contribution is 0.794. The molecule has 0 N–H and O–H groups in total. The highest BCUT2D eigenvalue weighted by Gasteiger charge is 2.12. The fraction of sp³-hybridized carbons (Fsp3) is 0.125. The summed E-state index contributed by atoms with van der Waals surface area (Å²) in [6.45, 7) is 0. The molecule has 0 fully saturated rings. The predicted octanol–water partition coefficient (Wildman–Crippen LogP) is 5.84. The zero-order chi connectivity index (χ0) is 16.4. The monoisotopic (exact) mass is 427 g/mol. The van der Waals surface area contributed by atoms with Crippen LogP contribution < -0.4 is 0 Å². The summed E-state index contributed by atoms with van der Waals surface area (Å²) in [6.07, 6.45) is 0. The first-order valence-corrected chi connectivity index (χ1v) is 9.30. The summed E-state index contributed by atoms with van der Waals surface area (Å²) in [4.78, 5) is 0. The number of hydrogen-bond acceptors (Lipinski definition) is 3. The Balaban J connectivity index is 1.78. The van der Waals surface area contributed by atoms with Gasteiger partial charge in [-0.05, 0) is 29.8 Å². The van der Waals surface area contributed by atoms with Gasteiger partial charge in [0.25, 0.3) is 0 Å². The zero-order valence-electron chi connectivity index (χ0n) is 12.1. The maximum atomic E-state index is 6.21. The smallest absolute Gasteiger partial charge is 0.191 e. The molecule has 0 atom stereocenters. The van der Waals surface area contributed by atoms with Crippen molar-refractivity contribution in [2.75, 3.05) is 0 Å². The molecule has 0 saturated carbocycles. The largest absolute Gasteiger partial charge is 0.305 e. The van der Waals surface area contributed by atoms with E-state index in [0.717, 1.165) is 26.6 Å². The number of hydrogen-bond donors (Lipinski definition) is 0. The van der Waals surface area contributed by atoms with Gasteiger partial charge in [-0.1, -0.05) is 69.1 Å². The zero-order valence-corrected chi connectivity index (χ0v) is 16.0. The molecule has 0 aliphatic carbocycles. The lowest BCUT2D eigenvalue weighted by Crippen LogP contribution is -1.95. The summed E-state index contributed by atoms with van der Waals surface area (Å²) < 4.78 is 3.02. The van der Waals surface area contributed by atoms with Gasteiger partial charge >= 0.3 is 0 Å². The van der Waals surface area contributed by atoms with Crippen molar-refractivity contribution in [3.8, 4) is 11.4 Å². The SMILES string of the molecule is Cn1c(SCc2ccc(Cl)cc2Cl)nnc1-c1ccc(Br)cc1. The maximum Gasteiger partial charge on any atom is 0.191 e. The van der Waals surface area contributed by atoms with E-state index in [2.05, 4.69) is 26.1 Å². The van der Waals surface area contributed by atoms with Crippen LogP contribution in [0.15, 0.2) is 52.1 Å². The number of rotatable bonds is 4. The Bertz CT molecular complexity index is 834. The van der Waals surface area contributed by atoms with Crippen molar-refractivity contribution in [2.24, 2.45) is 7.05 Å². The van der Waals surface area contributed by atoms with Gasteiger partial charge in [-0.2, -0.15) is 0 Å². The van der Waals surface area contributed by atoms with Crippen molar-refractivity contribution in [3.05, 3.63) is 62.5 Å². The Kier molecular flexibility index (Phi) is 5.31. The third-order valence-corrected chi connectivity index (χ3v) is 5.49. The van der Waals surface area contributed by atoms with E-state index in [4.69, 9.17) is 23.2 Å². The van der Waals surface area contributed by atoms with Gasteiger partial charge in [0.15, 0.2) is 11.0 Å². The van der Waals surface area contributed by atoms with Crippen LogP contribution in [-0.4, -0.2) is 14.8 Å². The summed E-state index contributed by atoms with van der Waals surface area (Å²) in [7, 11) is 1.96. The normalized spacial score (nSPS) is 11.0. The van der Waals surface area contributed by atoms with Crippen LogP contribution in [0.2, 0.25) is 10.0 Å². The molecule has 3 aromatic rings. The second-order valence-corrected chi connectivity index (χ2v) is 7.60. The summed E-state index contributed by atoms with van der Waals surface area (Å²) in [5, 5.41) is 10.7. The molecule has 1 heterocycles. The lowest BCUT2D eigenvalue weighted by atomic mass is 10.2. The van der Waals surface area contributed by atoms with Gasteiger partial charge in [-0.25, -0.2) is 0 Å². The van der Waals surface area contributed by atoms with Crippen molar-refractivity contribution in [2.45, 2.75) is 10.9 Å². The molecule has 7 heteroatoms. The fourth-order valence-corrected chi connectivity index (χ4v) is 3.81. The number of nitrogens with zero attached hydrogens (tertiary/aromatic N) is 3. The van der Waals surface area contributed by atoms with Gasteiger partial charge in [0.05, 0.1) is 0 Å². The lowest BCUT2D eigenvalue weighted by Gasteiger charge is -2.06. The summed E-state index contributed by atoms with van der Waals surface area (Å²) in [5.74, 6) is 1.55. The highest BCUT2D eigenvalue weighted by atomic mass is 79.9. The third kappa shape index (κ3) is 3.91. The first-order valence-electron chi connectivity index (χ1n) is 6.76. The van der Waals surface area contributed by atoms with Gasteiger partial charge < -0.3 is 4.57 Å². The van der Waals surface area contributed by atoms with E-state index in [1.54, 1.807) is 17.8 Å². The molecule has 118 valence electrons. The van der Waals surface area contributed by atoms with E-state index in [1.165, 1.54) is 0 Å². The molecule has 0 radical (unpaired) electrons. The predicted molar refractivity (Wildman–Crippen MR) is 100 cm³/mol. The van der Waals surface area contributed by atoms with Gasteiger partial charge in [-0.15, -0.1) is 10.2 Å². The molecule has 0 saturated heterocycles. The highest BCUT2D eigenvalue weighted by molar-refractivity contribution is 9.10. The van der Waals surface area contributed by atoms with Gasteiger partial charge in [0, 0.05) is 32.9 Å². The molecule has 0 bridgehead atoms. The second-order valence-electron chi connectivity index (χ2n) is 4.90. The average molecular weight is 429 g/mol. The van der Waals surface area contributed by atoms with E-state index in [-0.39, 0.29) is 0 Å². The van der Waals surface area contributed by atoms with Crippen LogP contribution in [0.1, 0.15) is 5.56 Å². The number of thioether (sulfide) groups is 1. The Hall–Kier alpha value is -1.01. The van der Waals surface area contributed by atoms with Crippen LogP contribution >= 0.6 is 50.9 Å². The molecule has 3 rings (SSSR count). The first kappa shape index (κ1) is 16.8. The van der Waals surface area contributed by atoms with Crippen LogP contribution in [0.3, 0.4) is 0 Å². The van der Waals surface area contributed by atoms with Crippen molar-refractivity contribution >= 4 is 50.9 Å².